The molecule has 9 heteroatoms. The molecule has 0 saturated heterocycles. The minimum atomic E-state index is -5.49. The van der Waals surface area contributed by atoms with E-state index in [1.807, 2.05) is 0 Å². The molecule has 0 aromatic carbocycles. The summed E-state index contributed by atoms with van der Waals surface area (Å²) in [5.41, 5.74) is -11.0. The van der Waals surface area contributed by atoms with E-state index in [-0.39, 0.29) is 0 Å². The predicted octanol–water partition coefficient (Wildman–Crippen LogP) is 3.51. The lowest BCUT2D eigenvalue weighted by Gasteiger charge is -2.22. The molecule has 0 heterocycles. The van der Waals surface area contributed by atoms with Crippen molar-refractivity contribution in [3.8, 4) is 0 Å². The van der Waals surface area contributed by atoms with Gasteiger partial charge in [0.15, 0.2) is 0 Å². The van der Waals surface area contributed by atoms with Gasteiger partial charge in [-0.3, -0.25) is 4.78 Å². The maximum absolute atomic E-state index is 11.0. The topological polar surface area (TPSA) is 23.9 Å². The van der Waals surface area contributed by atoms with Crippen LogP contribution in [0.1, 0.15) is 13.3 Å². The SMILES string of the molecule is CCC[N+](C)(C)C.N=S(C(F)(F)F)C(F)(F)F. The Morgan fingerprint density at radius 1 is 0.941 bits per heavy atom. The van der Waals surface area contributed by atoms with Crippen molar-refractivity contribution in [3.05, 3.63) is 0 Å². The smallest absolute Gasteiger partial charge is 0.331 e. The lowest BCUT2D eigenvalue weighted by atomic mass is 10.4. The molecule has 0 aromatic heterocycles. The fraction of sp³-hybridized carbons (Fsp3) is 1.00. The van der Waals surface area contributed by atoms with Crippen LogP contribution in [0, 0.1) is 4.78 Å². The molecule has 106 valence electrons. The van der Waals surface area contributed by atoms with Crippen LogP contribution in [0.5, 0.6) is 0 Å². The molecule has 0 atom stereocenters. The number of rotatable bonds is 2. The van der Waals surface area contributed by atoms with Gasteiger partial charge in [-0.1, -0.05) is 6.92 Å². The molecule has 0 radical (unpaired) electrons. The maximum atomic E-state index is 11.0. The van der Waals surface area contributed by atoms with E-state index < -0.39 is 21.7 Å². The molecule has 17 heavy (non-hydrogen) atoms. The van der Waals surface area contributed by atoms with Crippen LogP contribution in [0.15, 0.2) is 0 Å². The van der Waals surface area contributed by atoms with Gasteiger partial charge >= 0.3 is 11.0 Å². The maximum Gasteiger partial charge on any atom is 0.460 e. The molecule has 0 aliphatic heterocycles. The number of halogens is 6. The highest BCUT2D eigenvalue weighted by Gasteiger charge is 2.50. The lowest BCUT2D eigenvalue weighted by Crippen LogP contribution is -2.34. The number of quaternary nitrogens is 1. The van der Waals surface area contributed by atoms with E-state index in [1.54, 1.807) is 0 Å². The van der Waals surface area contributed by atoms with E-state index in [2.05, 4.69) is 28.1 Å². The molecule has 0 rings (SSSR count). The molecule has 0 aliphatic carbocycles. The average molecular weight is 287 g/mol. The van der Waals surface area contributed by atoms with Crippen LogP contribution in [0.25, 0.3) is 0 Å². The molecule has 0 aromatic rings. The van der Waals surface area contributed by atoms with Crippen molar-refractivity contribution < 1.29 is 30.8 Å². The summed E-state index contributed by atoms with van der Waals surface area (Å²) in [6.07, 6.45) is 1.28. The third kappa shape index (κ3) is 11.9. The summed E-state index contributed by atoms with van der Waals surface area (Å²) in [6.45, 7) is 3.49. The zero-order chi connectivity index (χ0) is 14.5. The van der Waals surface area contributed by atoms with Gasteiger partial charge in [-0.2, -0.15) is 26.3 Å². The molecule has 0 aliphatic rings. The van der Waals surface area contributed by atoms with Crippen molar-refractivity contribution in [2.75, 3.05) is 27.7 Å². The number of hydrogen-bond donors (Lipinski definition) is 1. The minimum Gasteiger partial charge on any atom is -0.331 e. The van der Waals surface area contributed by atoms with E-state index in [9.17, 15) is 26.3 Å². The first-order valence-electron chi connectivity index (χ1n) is 4.61. The van der Waals surface area contributed by atoms with E-state index >= 15 is 0 Å². The van der Waals surface area contributed by atoms with E-state index in [0.717, 1.165) is 4.48 Å². The average Bonchev–Trinajstić information content (AvgIpc) is 1.98. The van der Waals surface area contributed by atoms with E-state index in [4.69, 9.17) is 4.78 Å². The number of nitrogens with zero attached hydrogens (tertiary/aromatic N) is 1. The largest absolute Gasteiger partial charge is 0.460 e. The summed E-state index contributed by atoms with van der Waals surface area (Å²) in [5.74, 6) is 0. The van der Waals surface area contributed by atoms with Gasteiger partial charge in [0.1, 0.15) is 10.7 Å². The fourth-order valence-electron chi connectivity index (χ4n) is 0.802. The van der Waals surface area contributed by atoms with Crippen LogP contribution in [-0.2, 0) is 10.7 Å². The van der Waals surface area contributed by atoms with Crippen molar-refractivity contribution in [1.82, 2.24) is 0 Å². The summed E-state index contributed by atoms with van der Waals surface area (Å²) in [7, 11) is 2.38. The summed E-state index contributed by atoms with van der Waals surface area (Å²) < 4.78 is 73.0. The lowest BCUT2D eigenvalue weighted by molar-refractivity contribution is -0.870. The Morgan fingerprint density at radius 2 is 1.24 bits per heavy atom. The first-order chi connectivity index (χ1) is 7.22. The molecule has 0 amide bonds. The normalized spacial score (nSPS) is 13.4. The first-order valence-corrected chi connectivity index (χ1v) is 5.84. The third-order valence-corrected chi connectivity index (χ3v) is 2.28. The highest BCUT2D eigenvalue weighted by molar-refractivity contribution is 7.87. The van der Waals surface area contributed by atoms with Crippen LogP contribution in [0.2, 0.25) is 0 Å². The Labute approximate surface area is 99.1 Å². The molecule has 0 unspecified atom stereocenters. The molecule has 2 nitrogen and oxygen atoms in total. The number of hydrogen-bond acceptors (Lipinski definition) is 1. The monoisotopic (exact) mass is 287 g/mol. The summed E-state index contributed by atoms with van der Waals surface area (Å²) >= 11 is 0. The van der Waals surface area contributed by atoms with Gasteiger partial charge < -0.3 is 4.48 Å². The van der Waals surface area contributed by atoms with Gasteiger partial charge in [0.05, 0.1) is 27.7 Å². The molecular weight excluding hydrogens is 270 g/mol. The first kappa shape index (κ1) is 19.0. The Hall–Kier alpha value is -0.310. The highest BCUT2D eigenvalue weighted by atomic mass is 32.2. The zero-order valence-electron chi connectivity index (χ0n) is 10.0. The van der Waals surface area contributed by atoms with E-state index in [0.29, 0.717) is 0 Å². The molecule has 1 N–H and O–H groups in total. The predicted molar refractivity (Wildman–Crippen MR) is 55.4 cm³/mol. The van der Waals surface area contributed by atoms with Gasteiger partial charge in [0.25, 0.3) is 0 Å². The standard InChI is InChI=1S/C6H16N.C2HF6NS/c1-5-6-7(2,3)4;3-1(4,5)10(9)2(6,7)8/h5-6H2,1-4H3;9H/q+1;. The van der Waals surface area contributed by atoms with Crippen LogP contribution < -0.4 is 0 Å². The van der Waals surface area contributed by atoms with Gasteiger partial charge in [-0.25, -0.2) is 0 Å². The van der Waals surface area contributed by atoms with Gasteiger partial charge in [0.2, 0.25) is 0 Å². The number of alkyl halides is 6. The second kappa shape index (κ2) is 6.58. The molecular formula is C8H17F6N2S+. The molecule has 0 bridgehead atoms. The van der Waals surface area contributed by atoms with Crippen LogP contribution >= 0.6 is 0 Å². The second-order valence-corrected chi connectivity index (χ2v) is 5.75. The van der Waals surface area contributed by atoms with Gasteiger partial charge in [-0.15, -0.1) is 0 Å². The zero-order valence-corrected chi connectivity index (χ0v) is 10.9. The van der Waals surface area contributed by atoms with Gasteiger partial charge in [-0.05, 0) is 6.42 Å². The Kier molecular flexibility index (Phi) is 7.37. The quantitative estimate of drug-likeness (QED) is 0.593. The van der Waals surface area contributed by atoms with E-state index in [1.165, 1.54) is 13.0 Å². The van der Waals surface area contributed by atoms with Crippen LogP contribution in [-0.4, -0.2) is 43.2 Å². The molecule has 0 fully saturated rings. The van der Waals surface area contributed by atoms with Crippen LogP contribution in [0.3, 0.4) is 0 Å². The minimum absolute atomic E-state index is 1.09. The van der Waals surface area contributed by atoms with Crippen LogP contribution in [0.4, 0.5) is 26.3 Å². The van der Waals surface area contributed by atoms with Gasteiger partial charge in [0, 0.05) is 0 Å². The Morgan fingerprint density at radius 3 is 1.24 bits per heavy atom. The van der Waals surface area contributed by atoms with Crippen molar-refractivity contribution in [2.45, 2.75) is 24.4 Å². The fourth-order valence-corrected chi connectivity index (χ4v) is 1.06. The highest BCUT2D eigenvalue weighted by Crippen LogP contribution is 2.33. The van der Waals surface area contributed by atoms with Crippen molar-refractivity contribution >= 4 is 10.7 Å². The summed E-state index contributed by atoms with van der Waals surface area (Å²) in [6, 6.07) is 0. The summed E-state index contributed by atoms with van der Waals surface area (Å²) in [4.78, 5) is 0. The molecule has 0 spiro atoms. The van der Waals surface area contributed by atoms with Crippen molar-refractivity contribution in [1.29, 1.82) is 4.78 Å². The number of nitrogens with one attached hydrogen (secondary N) is 1. The Bertz CT molecular complexity index is 224. The Balaban J connectivity index is 0. The second-order valence-electron chi connectivity index (χ2n) is 4.21. The summed E-state index contributed by atoms with van der Waals surface area (Å²) in [5, 5.41) is 0. The van der Waals surface area contributed by atoms with Crippen molar-refractivity contribution in [3.63, 3.8) is 0 Å². The van der Waals surface area contributed by atoms with Crippen molar-refractivity contribution in [2.24, 2.45) is 0 Å². The third-order valence-electron chi connectivity index (χ3n) is 1.36. The molecule has 0 saturated carbocycles.